The third-order valence-electron chi connectivity index (χ3n) is 3.64. The number of aryl methyl sites for hydroxylation is 1. The molecule has 0 amide bonds. The molecule has 0 saturated carbocycles. The van der Waals surface area contributed by atoms with Crippen molar-refractivity contribution < 1.29 is 9.47 Å². The van der Waals surface area contributed by atoms with Crippen LogP contribution < -0.4 is 14.8 Å². The van der Waals surface area contributed by atoms with Gasteiger partial charge in [0, 0.05) is 24.2 Å². The molecule has 2 aromatic carbocycles. The van der Waals surface area contributed by atoms with Crippen LogP contribution >= 0.6 is 11.6 Å². The Labute approximate surface area is 149 Å². The van der Waals surface area contributed by atoms with Crippen molar-refractivity contribution in [2.75, 3.05) is 13.2 Å². The van der Waals surface area contributed by atoms with Gasteiger partial charge in [-0.05, 0) is 37.5 Å². The highest BCUT2D eigenvalue weighted by Gasteiger charge is 2.11. The van der Waals surface area contributed by atoms with Gasteiger partial charge in [-0.15, -0.1) is 0 Å². The summed E-state index contributed by atoms with van der Waals surface area (Å²) >= 11 is 6.41. The van der Waals surface area contributed by atoms with Crippen molar-refractivity contribution in [2.24, 2.45) is 0 Å². The van der Waals surface area contributed by atoms with Gasteiger partial charge in [0.1, 0.15) is 0 Å². The predicted molar refractivity (Wildman–Crippen MR) is 100 cm³/mol. The maximum atomic E-state index is 6.41. The molecule has 0 atom stereocenters. The van der Waals surface area contributed by atoms with Gasteiger partial charge in [-0.2, -0.15) is 0 Å². The maximum absolute atomic E-state index is 6.41. The quantitative estimate of drug-likeness (QED) is 0.682. The first-order valence-corrected chi connectivity index (χ1v) is 8.86. The third-order valence-corrected chi connectivity index (χ3v) is 3.99. The van der Waals surface area contributed by atoms with E-state index < -0.39 is 0 Å². The molecule has 0 radical (unpaired) electrons. The van der Waals surface area contributed by atoms with Crippen molar-refractivity contribution in [2.45, 2.75) is 40.3 Å². The molecule has 24 heavy (non-hydrogen) atoms. The average molecular weight is 348 g/mol. The lowest BCUT2D eigenvalue weighted by Gasteiger charge is -2.15. The van der Waals surface area contributed by atoms with E-state index in [9.17, 15) is 0 Å². The van der Waals surface area contributed by atoms with E-state index in [0.717, 1.165) is 24.3 Å². The first kappa shape index (κ1) is 18.6. The number of halogens is 1. The second-order valence-electron chi connectivity index (χ2n) is 5.76. The molecule has 0 aliphatic carbocycles. The van der Waals surface area contributed by atoms with Crippen LogP contribution in [0, 0.1) is 6.92 Å². The van der Waals surface area contributed by atoms with E-state index in [1.54, 1.807) is 0 Å². The van der Waals surface area contributed by atoms with Crippen molar-refractivity contribution in [3.05, 3.63) is 58.1 Å². The first-order valence-electron chi connectivity index (χ1n) is 8.48. The number of nitrogens with one attached hydrogen (secondary N) is 1. The van der Waals surface area contributed by atoms with Gasteiger partial charge in [0.25, 0.3) is 0 Å². The van der Waals surface area contributed by atoms with E-state index in [1.807, 2.05) is 19.1 Å². The molecule has 2 aromatic rings. The van der Waals surface area contributed by atoms with Gasteiger partial charge < -0.3 is 14.8 Å². The molecule has 1 N–H and O–H groups in total. The third kappa shape index (κ3) is 5.43. The van der Waals surface area contributed by atoms with Crippen LogP contribution in [0.15, 0.2) is 36.4 Å². The van der Waals surface area contributed by atoms with E-state index in [0.29, 0.717) is 30.5 Å². The zero-order chi connectivity index (χ0) is 17.4. The summed E-state index contributed by atoms with van der Waals surface area (Å²) in [4.78, 5) is 0. The molecule has 0 bridgehead atoms. The summed E-state index contributed by atoms with van der Waals surface area (Å²) in [6, 6.07) is 12.3. The summed E-state index contributed by atoms with van der Waals surface area (Å²) in [6.45, 7) is 8.87. The molecule has 0 saturated heterocycles. The zero-order valence-corrected chi connectivity index (χ0v) is 15.5. The normalized spacial score (nSPS) is 10.7. The highest BCUT2D eigenvalue weighted by atomic mass is 35.5. The van der Waals surface area contributed by atoms with Gasteiger partial charge in [-0.3, -0.25) is 0 Å². The molecule has 0 unspecified atom stereocenters. The monoisotopic (exact) mass is 347 g/mol. The standard InChI is InChI=1S/C20H26ClNO2/c1-4-10-24-20-12-18(21)17(11-19(20)23-5-2)14-22-13-16-8-6-15(3)7-9-16/h6-9,11-12,22H,4-5,10,13-14H2,1-3H3. The molecule has 3 nitrogen and oxygen atoms in total. The molecule has 0 spiro atoms. The number of ether oxygens (including phenoxy) is 2. The molecule has 0 fully saturated rings. The lowest BCUT2D eigenvalue weighted by Crippen LogP contribution is -2.13. The van der Waals surface area contributed by atoms with Gasteiger partial charge >= 0.3 is 0 Å². The molecule has 4 heteroatoms. The molecular weight excluding hydrogens is 322 g/mol. The Morgan fingerprint density at radius 2 is 1.67 bits per heavy atom. The number of hydrogen-bond donors (Lipinski definition) is 1. The van der Waals surface area contributed by atoms with Gasteiger partial charge in [-0.1, -0.05) is 48.4 Å². The van der Waals surface area contributed by atoms with Gasteiger partial charge in [-0.25, -0.2) is 0 Å². The van der Waals surface area contributed by atoms with Crippen molar-refractivity contribution in [1.29, 1.82) is 0 Å². The van der Waals surface area contributed by atoms with Crippen LogP contribution in [0.2, 0.25) is 5.02 Å². The largest absolute Gasteiger partial charge is 0.490 e. The maximum Gasteiger partial charge on any atom is 0.162 e. The van der Waals surface area contributed by atoms with Crippen LogP contribution in [0.5, 0.6) is 11.5 Å². The van der Waals surface area contributed by atoms with E-state index in [4.69, 9.17) is 21.1 Å². The van der Waals surface area contributed by atoms with Gasteiger partial charge in [0.15, 0.2) is 11.5 Å². The Morgan fingerprint density at radius 1 is 0.958 bits per heavy atom. The van der Waals surface area contributed by atoms with Crippen molar-refractivity contribution >= 4 is 11.6 Å². The topological polar surface area (TPSA) is 30.5 Å². The number of benzene rings is 2. The Balaban J connectivity index is 2.03. The molecule has 0 heterocycles. The van der Waals surface area contributed by atoms with Crippen molar-refractivity contribution in [3.8, 4) is 11.5 Å². The highest BCUT2D eigenvalue weighted by molar-refractivity contribution is 6.31. The Kier molecular flexibility index (Phi) is 7.41. The lowest BCUT2D eigenvalue weighted by molar-refractivity contribution is 0.276. The number of rotatable bonds is 9. The second-order valence-corrected chi connectivity index (χ2v) is 6.17. The zero-order valence-electron chi connectivity index (χ0n) is 14.7. The summed E-state index contributed by atoms with van der Waals surface area (Å²) in [5.41, 5.74) is 3.53. The summed E-state index contributed by atoms with van der Waals surface area (Å²) in [6.07, 6.45) is 0.947. The van der Waals surface area contributed by atoms with Crippen molar-refractivity contribution in [3.63, 3.8) is 0 Å². The average Bonchev–Trinajstić information content (AvgIpc) is 2.58. The minimum Gasteiger partial charge on any atom is -0.490 e. The van der Waals surface area contributed by atoms with E-state index in [1.165, 1.54) is 11.1 Å². The van der Waals surface area contributed by atoms with Crippen LogP contribution in [0.25, 0.3) is 0 Å². The van der Waals surface area contributed by atoms with Crippen LogP contribution in [-0.2, 0) is 13.1 Å². The second kappa shape index (κ2) is 9.55. The van der Waals surface area contributed by atoms with E-state index >= 15 is 0 Å². The minimum atomic E-state index is 0.598. The minimum absolute atomic E-state index is 0.598. The molecule has 0 aliphatic heterocycles. The molecule has 0 aliphatic rings. The van der Waals surface area contributed by atoms with Crippen LogP contribution in [0.4, 0.5) is 0 Å². The molecule has 0 aromatic heterocycles. The van der Waals surface area contributed by atoms with E-state index in [2.05, 4.69) is 43.4 Å². The van der Waals surface area contributed by atoms with Gasteiger partial charge in [0.2, 0.25) is 0 Å². The fraction of sp³-hybridized carbons (Fsp3) is 0.400. The highest BCUT2D eigenvalue weighted by Crippen LogP contribution is 2.33. The summed E-state index contributed by atoms with van der Waals surface area (Å²) < 4.78 is 11.4. The molecule has 2 rings (SSSR count). The smallest absolute Gasteiger partial charge is 0.162 e. The fourth-order valence-electron chi connectivity index (χ4n) is 2.35. The summed E-state index contributed by atoms with van der Waals surface area (Å²) in [5.74, 6) is 1.47. The predicted octanol–water partition coefficient (Wildman–Crippen LogP) is 5.13. The SMILES string of the molecule is CCCOc1cc(Cl)c(CNCc2ccc(C)cc2)cc1OCC. The van der Waals surface area contributed by atoms with Gasteiger partial charge in [0.05, 0.1) is 13.2 Å². The Morgan fingerprint density at radius 3 is 2.33 bits per heavy atom. The van der Waals surface area contributed by atoms with E-state index in [-0.39, 0.29) is 0 Å². The van der Waals surface area contributed by atoms with Crippen LogP contribution in [-0.4, -0.2) is 13.2 Å². The Bertz CT molecular complexity index is 641. The first-order chi connectivity index (χ1) is 11.6. The molecular formula is C20H26ClNO2. The van der Waals surface area contributed by atoms with Crippen LogP contribution in [0.3, 0.4) is 0 Å². The summed E-state index contributed by atoms with van der Waals surface area (Å²) in [7, 11) is 0. The number of hydrogen-bond acceptors (Lipinski definition) is 3. The lowest BCUT2D eigenvalue weighted by atomic mass is 10.1. The van der Waals surface area contributed by atoms with Crippen molar-refractivity contribution in [1.82, 2.24) is 5.32 Å². The summed E-state index contributed by atoms with van der Waals surface area (Å²) in [5, 5.41) is 4.12. The Hall–Kier alpha value is -1.71. The van der Waals surface area contributed by atoms with Crippen LogP contribution in [0.1, 0.15) is 37.0 Å². The molecule has 130 valence electrons. The fourth-order valence-corrected chi connectivity index (χ4v) is 2.57.